The van der Waals surface area contributed by atoms with Crippen molar-refractivity contribution in [2.75, 3.05) is 18.1 Å². The van der Waals surface area contributed by atoms with E-state index in [0.29, 0.717) is 5.56 Å². The van der Waals surface area contributed by atoms with Crippen LogP contribution in [0.15, 0.2) is 46.1 Å². The Bertz CT molecular complexity index is 1590. The minimum atomic E-state index is -3.68. The monoisotopic (exact) mass is 503 g/mol. The smallest absolute Gasteiger partial charge is 0.333 e. The highest BCUT2D eigenvalue weighted by Gasteiger charge is 2.26. The van der Waals surface area contributed by atoms with Crippen molar-refractivity contribution in [2.45, 2.75) is 26.2 Å². The normalized spacial score (nSPS) is 11.5. The highest BCUT2D eigenvalue weighted by atomic mass is 32.2. The number of hydrogen-bond acceptors (Lipinski definition) is 5. The van der Waals surface area contributed by atoms with Crippen molar-refractivity contribution in [2.24, 2.45) is 0 Å². The number of halogens is 2. The Balaban J connectivity index is 2.24. The number of aromatic nitrogens is 2. The minimum Gasteiger partial charge on any atom is -0.495 e. The fraction of sp³-hybridized carbons (Fsp3) is 0.250. The zero-order valence-corrected chi connectivity index (χ0v) is 20.4. The first-order chi connectivity index (χ1) is 16.2. The first kappa shape index (κ1) is 25.7. The number of H-pyrrole nitrogens is 1. The van der Waals surface area contributed by atoms with Crippen molar-refractivity contribution in [3.63, 3.8) is 0 Å². The standard InChI is InChI=1S/C24H23F2N3O5S/c1-24(2,3)16-13-19(29-11-10-20(30)27-23(29)31)21(26)15(22(16)34-4)8-6-14-7-9-18(17(25)12-14)28-35(5,32)33/h7,9-13,28H,1-5H3,(H,27,30,31). The number of nitrogens with one attached hydrogen (secondary N) is 2. The van der Waals surface area contributed by atoms with Crippen LogP contribution in [0.1, 0.15) is 37.5 Å². The molecule has 0 atom stereocenters. The fourth-order valence-corrected chi connectivity index (χ4v) is 3.87. The number of nitrogens with zero attached hydrogens (tertiary/aromatic N) is 1. The molecule has 0 saturated heterocycles. The largest absolute Gasteiger partial charge is 0.495 e. The van der Waals surface area contributed by atoms with Gasteiger partial charge in [-0.2, -0.15) is 0 Å². The van der Waals surface area contributed by atoms with Gasteiger partial charge in [0.2, 0.25) is 10.0 Å². The first-order valence-corrected chi connectivity index (χ1v) is 12.1. The molecule has 3 rings (SSSR count). The Hall–Kier alpha value is -3.91. The summed E-state index contributed by atoms with van der Waals surface area (Å²) in [5, 5.41) is 0. The van der Waals surface area contributed by atoms with Gasteiger partial charge < -0.3 is 4.74 Å². The predicted octanol–water partition coefficient (Wildman–Crippen LogP) is 2.88. The van der Waals surface area contributed by atoms with Crippen molar-refractivity contribution >= 4 is 15.7 Å². The molecule has 0 unspecified atom stereocenters. The van der Waals surface area contributed by atoms with E-state index in [1.165, 1.54) is 25.3 Å². The van der Waals surface area contributed by atoms with E-state index in [1.807, 2.05) is 25.5 Å². The Morgan fingerprint density at radius 3 is 2.31 bits per heavy atom. The number of ether oxygens (including phenoxy) is 1. The van der Waals surface area contributed by atoms with Gasteiger partial charge in [0.15, 0.2) is 5.82 Å². The van der Waals surface area contributed by atoms with Gasteiger partial charge in [-0.25, -0.2) is 22.0 Å². The van der Waals surface area contributed by atoms with Gasteiger partial charge in [0.25, 0.3) is 5.56 Å². The highest BCUT2D eigenvalue weighted by Crippen LogP contribution is 2.37. The average molecular weight is 504 g/mol. The maximum atomic E-state index is 15.7. The Kier molecular flexibility index (Phi) is 6.89. The van der Waals surface area contributed by atoms with Gasteiger partial charge in [0.05, 0.1) is 24.7 Å². The summed E-state index contributed by atoms with van der Waals surface area (Å²) in [5.74, 6) is 3.70. The number of rotatable bonds is 4. The van der Waals surface area contributed by atoms with E-state index in [0.717, 1.165) is 29.2 Å². The minimum absolute atomic E-state index is 0.138. The lowest BCUT2D eigenvalue weighted by Crippen LogP contribution is -2.28. The van der Waals surface area contributed by atoms with E-state index in [-0.39, 0.29) is 28.3 Å². The number of anilines is 1. The van der Waals surface area contributed by atoms with Crippen molar-refractivity contribution < 1.29 is 21.9 Å². The van der Waals surface area contributed by atoms with Gasteiger partial charge in [-0.3, -0.25) is 19.1 Å². The first-order valence-electron chi connectivity index (χ1n) is 10.2. The van der Waals surface area contributed by atoms with Crippen LogP contribution in [0.4, 0.5) is 14.5 Å². The van der Waals surface area contributed by atoms with Crippen LogP contribution in [0.5, 0.6) is 5.75 Å². The number of aromatic amines is 1. The molecule has 0 aliphatic rings. The molecule has 0 radical (unpaired) electrons. The summed E-state index contributed by atoms with van der Waals surface area (Å²) in [6.07, 6.45) is 2.04. The molecule has 1 aromatic heterocycles. The van der Waals surface area contributed by atoms with Gasteiger partial charge in [-0.15, -0.1) is 0 Å². The number of sulfonamides is 1. The molecule has 184 valence electrons. The van der Waals surface area contributed by atoms with Crippen LogP contribution in [-0.2, 0) is 15.4 Å². The molecule has 0 aliphatic heterocycles. The lowest BCUT2D eigenvalue weighted by atomic mass is 9.84. The van der Waals surface area contributed by atoms with Gasteiger partial charge in [-0.05, 0) is 29.7 Å². The van der Waals surface area contributed by atoms with Crippen LogP contribution in [0, 0.1) is 23.5 Å². The maximum absolute atomic E-state index is 15.7. The third-order valence-corrected chi connectivity index (χ3v) is 5.48. The van der Waals surface area contributed by atoms with Gasteiger partial charge in [0, 0.05) is 23.4 Å². The van der Waals surface area contributed by atoms with Crippen LogP contribution in [0.3, 0.4) is 0 Å². The zero-order chi connectivity index (χ0) is 26.1. The average Bonchev–Trinajstić information content (AvgIpc) is 2.73. The molecule has 1 heterocycles. The van der Waals surface area contributed by atoms with E-state index in [2.05, 4.69) is 16.8 Å². The van der Waals surface area contributed by atoms with Gasteiger partial charge >= 0.3 is 5.69 Å². The molecule has 0 bridgehead atoms. The van der Waals surface area contributed by atoms with Crippen LogP contribution in [0.2, 0.25) is 0 Å². The molecule has 2 N–H and O–H groups in total. The van der Waals surface area contributed by atoms with E-state index >= 15 is 4.39 Å². The van der Waals surface area contributed by atoms with Crippen LogP contribution in [-0.4, -0.2) is 31.3 Å². The molecule has 35 heavy (non-hydrogen) atoms. The predicted molar refractivity (Wildman–Crippen MR) is 129 cm³/mol. The molecule has 2 aromatic carbocycles. The fourth-order valence-electron chi connectivity index (χ4n) is 3.30. The molecule has 0 aliphatic carbocycles. The van der Waals surface area contributed by atoms with Crippen molar-refractivity contribution in [1.29, 1.82) is 0 Å². The number of benzene rings is 2. The Labute approximate surface area is 200 Å². The summed E-state index contributed by atoms with van der Waals surface area (Å²) < 4.78 is 61.2. The van der Waals surface area contributed by atoms with E-state index in [1.54, 1.807) is 0 Å². The third kappa shape index (κ3) is 5.78. The zero-order valence-electron chi connectivity index (χ0n) is 19.6. The van der Waals surface area contributed by atoms with Crippen LogP contribution >= 0.6 is 0 Å². The molecule has 0 spiro atoms. The van der Waals surface area contributed by atoms with Crippen molar-refractivity contribution in [3.8, 4) is 23.3 Å². The summed E-state index contributed by atoms with van der Waals surface area (Å²) in [4.78, 5) is 25.9. The van der Waals surface area contributed by atoms with Gasteiger partial charge in [-0.1, -0.05) is 32.6 Å². The summed E-state index contributed by atoms with van der Waals surface area (Å²) in [6, 6.07) is 6.11. The molecular formula is C24H23F2N3O5S. The highest BCUT2D eigenvalue weighted by molar-refractivity contribution is 7.92. The molecular weight excluding hydrogens is 480 g/mol. The second-order valence-corrected chi connectivity index (χ2v) is 10.5. The third-order valence-electron chi connectivity index (χ3n) is 4.89. The Morgan fingerprint density at radius 1 is 1.09 bits per heavy atom. The summed E-state index contributed by atoms with van der Waals surface area (Å²) in [5.41, 5.74) is -1.92. The molecule has 0 amide bonds. The molecule has 0 saturated carbocycles. The van der Waals surface area contributed by atoms with Crippen molar-refractivity contribution in [1.82, 2.24) is 9.55 Å². The Morgan fingerprint density at radius 2 is 1.77 bits per heavy atom. The summed E-state index contributed by atoms with van der Waals surface area (Å²) in [7, 11) is -2.33. The second-order valence-electron chi connectivity index (χ2n) is 8.71. The van der Waals surface area contributed by atoms with Crippen LogP contribution in [0.25, 0.3) is 5.69 Å². The number of hydrogen-bond donors (Lipinski definition) is 2. The second kappa shape index (κ2) is 9.38. The van der Waals surface area contributed by atoms with Crippen molar-refractivity contribution in [3.05, 3.63) is 85.7 Å². The van der Waals surface area contributed by atoms with Gasteiger partial charge in [0.1, 0.15) is 17.1 Å². The maximum Gasteiger partial charge on any atom is 0.333 e. The lowest BCUT2D eigenvalue weighted by Gasteiger charge is -2.25. The summed E-state index contributed by atoms with van der Waals surface area (Å²) >= 11 is 0. The lowest BCUT2D eigenvalue weighted by molar-refractivity contribution is 0.392. The topological polar surface area (TPSA) is 110 Å². The molecule has 11 heteroatoms. The van der Waals surface area contributed by atoms with Crippen LogP contribution < -0.4 is 20.7 Å². The molecule has 8 nitrogen and oxygen atoms in total. The molecule has 3 aromatic rings. The quantitative estimate of drug-likeness (QED) is 0.532. The summed E-state index contributed by atoms with van der Waals surface area (Å²) in [6.45, 7) is 5.59. The number of methoxy groups -OCH3 is 1. The van der Waals surface area contributed by atoms with E-state index in [9.17, 15) is 22.4 Å². The van der Waals surface area contributed by atoms with E-state index < -0.39 is 38.3 Å². The molecule has 0 fully saturated rings. The SMILES string of the molecule is COc1c(C(C)(C)C)cc(-n2ccc(=O)[nH]c2=O)c(F)c1C#Cc1ccc(NS(C)(=O)=O)c(F)c1. The van der Waals surface area contributed by atoms with E-state index in [4.69, 9.17) is 4.74 Å².